The average molecular weight is 362 g/mol. The summed E-state index contributed by atoms with van der Waals surface area (Å²) < 4.78 is 5.01. The predicted molar refractivity (Wildman–Crippen MR) is 82.2 cm³/mol. The molecule has 0 bridgehead atoms. The highest BCUT2D eigenvalue weighted by molar-refractivity contribution is 7.15. The Balaban J connectivity index is 1.82. The Morgan fingerprint density at radius 3 is 2.95 bits per heavy atom. The van der Waals surface area contributed by atoms with Crippen LogP contribution in [-0.2, 0) is 16.0 Å². The van der Waals surface area contributed by atoms with Gasteiger partial charge in [-0.3, -0.25) is 14.9 Å². The van der Waals surface area contributed by atoms with Crippen LogP contribution in [0.25, 0.3) is 0 Å². The molecular formula is C11H9Cl2N5O3S. The Morgan fingerprint density at radius 2 is 2.27 bits per heavy atom. The van der Waals surface area contributed by atoms with E-state index in [1.807, 2.05) is 0 Å². The van der Waals surface area contributed by atoms with Gasteiger partial charge >= 0.3 is 0 Å². The molecule has 2 N–H and O–H groups in total. The van der Waals surface area contributed by atoms with Crippen LogP contribution in [0.4, 0.5) is 5.13 Å². The predicted octanol–water partition coefficient (Wildman–Crippen LogP) is 1.57. The van der Waals surface area contributed by atoms with Crippen molar-refractivity contribution in [1.82, 2.24) is 15.6 Å². The Hall–Kier alpha value is -1.97. The van der Waals surface area contributed by atoms with Crippen molar-refractivity contribution in [2.24, 2.45) is 5.10 Å². The third-order valence-electron chi connectivity index (χ3n) is 2.13. The van der Waals surface area contributed by atoms with Gasteiger partial charge in [0.15, 0.2) is 4.84 Å². The molecule has 116 valence electrons. The minimum atomic E-state index is -1.20. The van der Waals surface area contributed by atoms with Crippen molar-refractivity contribution >= 4 is 57.7 Å². The van der Waals surface area contributed by atoms with Crippen molar-refractivity contribution in [3.8, 4) is 0 Å². The van der Waals surface area contributed by atoms with Gasteiger partial charge in [-0.25, -0.2) is 5.43 Å². The molecule has 0 fully saturated rings. The number of furan rings is 1. The molecule has 0 aliphatic rings. The highest BCUT2D eigenvalue weighted by Crippen LogP contribution is 2.17. The zero-order chi connectivity index (χ0) is 15.9. The average Bonchev–Trinajstić information content (AvgIpc) is 3.11. The molecule has 0 atom stereocenters. The first-order chi connectivity index (χ1) is 10.5. The molecule has 0 spiro atoms. The number of hydrazone groups is 1. The van der Waals surface area contributed by atoms with Gasteiger partial charge in [-0.2, -0.15) is 5.10 Å². The Kier molecular flexibility index (Phi) is 5.87. The lowest BCUT2D eigenvalue weighted by molar-refractivity contribution is -0.120. The lowest BCUT2D eigenvalue weighted by Crippen LogP contribution is -2.19. The fourth-order valence-electron chi connectivity index (χ4n) is 1.24. The minimum Gasteiger partial charge on any atom is -0.463 e. The van der Waals surface area contributed by atoms with Crippen molar-refractivity contribution in [2.75, 3.05) is 5.32 Å². The van der Waals surface area contributed by atoms with E-state index >= 15 is 0 Å². The zero-order valence-corrected chi connectivity index (χ0v) is 13.2. The first kappa shape index (κ1) is 16.4. The number of carbonyl (C=O) groups excluding carboxylic acids is 2. The molecule has 22 heavy (non-hydrogen) atoms. The summed E-state index contributed by atoms with van der Waals surface area (Å²) >= 11 is 11.8. The van der Waals surface area contributed by atoms with Gasteiger partial charge < -0.3 is 4.42 Å². The fraction of sp³-hybridized carbons (Fsp3) is 0.182. The number of nitrogens with one attached hydrogen (secondary N) is 2. The first-order valence-electron chi connectivity index (χ1n) is 5.81. The van der Waals surface area contributed by atoms with Gasteiger partial charge in [-0.1, -0.05) is 34.5 Å². The summed E-state index contributed by atoms with van der Waals surface area (Å²) in [5, 5.41) is 14.2. The molecule has 0 aliphatic carbocycles. The van der Waals surface area contributed by atoms with E-state index in [2.05, 4.69) is 26.0 Å². The Morgan fingerprint density at radius 1 is 1.45 bits per heavy atom. The molecule has 0 radical (unpaired) electrons. The van der Waals surface area contributed by atoms with Crippen molar-refractivity contribution in [2.45, 2.75) is 11.3 Å². The van der Waals surface area contributed by atoms with Gasteiger partial charge in [0.25, 0.3) is 5.91 Å². The highest BCUT2D eigenvalue weighted by atomic mass is 35.5. The fourth-order valence-corrected chi connectivity index (χ4v) is 2.10. The molecule has 2 rings (SSSR count). The second kappa shape index (κ2) is 7.87. The van der Waals surface area contributed by atoms with E-state index in [0.717, 1.165) is 11.3 Å². The molecule has 2 aromatic heterocycles. The molecule has 8 nitrogen and oxygen atoms in total. The number of aromatic nitrogens is 2. The third kappa shape index (κ3) is 5.10. The summed E-state index contributed by atoms with van der Waals surface area (Å²) in [7, 11) is 0. The van der Waals surface area contributed by atoms with Crippen molar-refractivity contribution < 1.29 is 14.0 Å². The maximum Gasteiger partial charge on any atom is 0.259 e. The molecule has 0 aromatic carbocycles. The quantitative estimate of drug-likeness (QED) is 0.461. The Bertz CT molecular complexity index is 671. The minimum absolute atomic E-state index is 0.0335. The second-order valence-corrected chi connectivity index (χ2v) is 5.93. The van der Waals surface area contributed by atoms with Crippen LogP contribution in [0.3, 0.4) is 0 Å². The van der Waals surface area contributed by atoms with Crippen LogP contribution < -0.4 is 10.7 Å². The van der Waals surface area contributed by atoms with Gasteiger partial charge in [-0.15, -0.1) is 10.2 Å². The number of hydrogen-bond donors (Lipinski definition) is 2. The number of halogens is 2. The van der Waals surface area contributed by atoms with Crippen LogP contribution in [0.1, 0.15) is 10.8 Å². The summed E-state index contributed by atoms with van der Waals surface area (Å²) in [4.78, 5) is 21.7. The molecule has 0 saturated heterocycles. The summed E-state index contributed by atoms with van der Waals surface area (Å²) in [6.45, 7) is 0. The van der Waals surface area contributed by atoms with Gasteiger partial charge in [0.2, 0.25) is 11.0 Å². The molecule has 2 amide bonds. The number of hydrogen-bond acceptors (Lipinski definition) is 7. The lowest BCUT2D eigenvalue weighted by Gasteiger charge is -1.99. The molecular weight excluding hydrogens is 353 g/mol. The van der Waals surface area contributed by atoms with Gasteiger partial charge in [0.1, 0.15) is 10.8 Å². The smallest absolute Gasteiger partial charge is 0.259 e. The van der Waals surface area contributed by atoms with Crippen LogP contribution in [0.2, 0.25) is 0 Å². The van der Waals surface area contributed by atoms with E-state index in [0.29, 0.717) is 10.8 Å². The molecule has 0 unspecified atom stereocenters. The van der Waals surface area contributed by atoms with Crippen LogP contribution in [0.5, 0.6) is 0 Å². The van der Waals surface area contributed by atoms with Crippen LogP contribution in [0, 0.1) is 0 Å². The SMILES string of the molecule is O=C(Cc1nnc(NC(=O)C(Cl)Cl)s1)NN=Cc1ccco1. The largest absolute Gasteiger partial charge is 0.463 e. The summed E-state index contributed by atoms with van der Waals surface area (Å²) in [6, 6.07) is 3.39. The topological polar surface area (TPSA) is 109 Å². The van der Waals surface area contributed by atoms with Crippen LogP contribution in [-0.4, -0.2) is 33.1 Å². The summed E-state index contributed by atoms with van der Waals surface area (Å²) in [5.74, 6) is -0.485. The van der Waals surface area contributed by atoms with E-state index in [1.54, 1.807) is 12.1 Å². The summed E-state index contributed by atoms with van der Waals surface area (Å²) in [5.41, 5.74) is 2.32. The maximum atomic E-state index is 11.6. The van der Waals surface area contributed by atoms with Gasteiger partial charge in [-0.05, 0) is 12.1 Å². The monoisotopic (exact) mass is 361 g/mol. The van der Waals surface area contributed by atoms with E-state index in [-0.39, 0.29) is 17.5 Å². The number of amides is 2. The number of rotatable bonds is 6. The molecule has 0 aliphatic heterocycles. The normalized spacial score (nSPS) is 11.0. The number of carbonyl (C=O) groups is 2. The van der Waals surface area contributed by atoms with E-state index < -0.39 is 10.7 Å². The maximum absolute atomic E-state index is 11.6. The van der Waals surface area contributed by atoms with Gasteiger partial charge in [0.05, 0.1) is 18.9 Å². The Labute approximate surface area is 138 Å². The van der Waals surface area contributed by atoms with E-state index in [1.165, 1.54) is 12.5 Å². The van der Waals surface area contributed by atoms with E-state index in [4.69, 9.17) is 27.6 Å². The zero-order valence-electron chi connectivity index (χ0n) is 10.8. The van der Waals surface area contributed by atoms with Crippen molar-refractivity contribution in [1.29, 1.82) is 0 Å². The number of nitrogens with zero attached hydrogens (tertiary/aromatic N) is 3. The molecule has 11 heteroatoms. The van der Waals surface area contributed by atoms with Crippen LogP contribution >= 0.6 is 34.5 Å². The molecule has 0 saturated carbocycles. The second-order valence-electron chi connectivity index (χ2n) is 3.78. The molecule has 2 heterocycles. The van der Waals surface area contributed by atoms with Crippen LogP contribution in [0.15, 0.2) is 27.9 Å². The first-order valence-corrected chi connectivity index (χ1v) is 7.50. The van der Waals surface area contributed by atoms with E-state index in [9.17, 15) is 9.59 Å². The summed E-state index contributed by atoms with van der Waals surface area (Å²) in [6.07, 6.45) is 2.82. The number of anilines is 1. The van der Waals surface area contributed by atoms with Gasteiger partial charge in [0, 0.05) is 0 Å². The van der Waals surface area contributed by atoms with Crippen molar-refractivity contribution in [3.63, 3.8) is 0 Å². The number of alkyl halides is 2. The lowest BCUT2D eigenvalue weighted by atomic mass is 10.4. The third-order valence-corrected chi connectivity index (χ3v) is 3.37. The standard InChI is InChI=1S/C11H9Cl2N5O3S/c12-9(13)10(20)15-11-18-17-8(22-11)4-7(19)16-14-5-6-2-1-3-21-6/h1-3,5,9H,4H2,(H,16,19)(H,15,18,20). The highest BCUT2D eigenvalue weighted by Gasteiger charge is 2.15. The van der Waals surface area contributed by atoms with Crippen molar-refractivity contribution in [3.05, 3.63) is 29.2 Å². The molecule has 2 aromatic rings.